The van der Waals surface area contributed by atoms with Gasteiger partial charge in [0.25, 0.3) is 0 Å². The highest BCUT2D eigenvalue weighted by atomic mass is 35.5. The first-order chi connectivity index (χ1) is 11.8. The van der Waals surface area contributed by atoms with Gasteiger partial charge in [0.05, 0.1) is 6.04 Å². The van der Waals surface area contributed by atoms with Crippen molar-refractivity contribution < 1.29 is 4.79 Å². The standard InChI is InChI=1S/C19H32N4O.2ClH/c1-3-11-22(12-4-2)13-6-8-19(24)23-14-10-21-16-18(23)17-7-5-9-20-15-17;;/h5,7,9,15,18,21H,3-4,6,8,10-14,16H2,1-2H3;2*1H. The van der Waals surface area contributed by atoms with Crippen molar-refractivity contribution in [2.45, 2.75) is 45.6 Å². The van der Waals surface area contributed by atoms with E-state index < -0.39 is 0 Å². The highest BCUT2D eigenvalue weighted by Gasteiger charge is 2.27. The largest absolute Gasteiger partial charge is 0.333 e. The molecule has 1 aliphatic heterocycles. The molecule has 1 aliphatic rings. The molecule has 1 aromatic rings. The molecule has 0 aromatic carbocycles. The highest BCUT2D eigenvalue weighted by Crippen LogP contribution is 2.22. The molecule has 5 nitrogen and oxygen atoms in total. The number of pyridine rings is 1. The van der Waals surface area contributed by atoms with Crippen molar-refractivity contribution in [3.05, 3.63) is 30.1 Å². The monoisotopic (exact) mass is 404 g/mol. The second-order valence-corrected chi connectivity index (χ2v) is 6.54. The van der Waals surface area contributed by atoms with Gasteiger partial charge >= 0.3 is 0 Å². The fourth-order valence-corrected chi connectivity index (χ4v) is 3.44. The van der Waals surface area contributed by atoms with Crippen molar-refractivity contribution in [1.82, 2.24) is 20.1 Å². The molecule has 7 heteroatoms. The topological polar surface area (TPSA) is 48.5 Å². The second-order valence-electron chi connectivity index (χ2n) is 6.54. The van der Waals surface area contributed by atoms with Gasteiger partial charge in [-0.1, -0.05) is 19.9 Å². The number of rotatable bonds is 9. The highest BCUT2D eigenvalue weighted by molar-refractivity contribution is 5.85. The summed E-state index contributed by atoms with van der Waals surface area (Å²) in [5, 5.41) is 3.40. The number of carbonyl (C=O) groups is 1. The summed E-state index contributed by atoms with van der Waals surface area (Å²) in [6, 6.07) is 4.12. The molecule has 1 aromatic heterocycles. The Morgan fingerprint density at radius 3 is 2.62 bits per heavy atom. The predicted molar refractivity (Wildman–Crippen MR) is 112 cm³/mol. The maximum atomic E-state index is 12.7. The van der Waals surface area contributed by atoms with Gasteiger partial charge < -0.3 is 15.1 Å². The minimum atomic E-state index is 0. The number of hydrogen-bond donors (Lipinski definition) is 1. The van der Waals surface area contributed by atoms with Crippen LogP contribution in [0.15, 0.2) is 24.5 Å². The summed E-state index contributed by atoms with van der Waals surface area (Å²) in [5.74, 6) is 0.276. The molecule has 0 spiro atoms. The number of carbonyl (C=O) groups excluding carboxylic acids is 1. The van der Waals surface area contributed by atoms with E-state index in [9.17, 15) is 4.79 Å². The Bertz CT molecular complexity index is 484. The van der Waals surface area contributed by atoms with Crippen LogP contribution in [0.4, 0.5) is 0 Å². The quantitative estimate of drug-likeness (QED) is 0.685. The molecule has 0 radical (unpaired) electrons. The zero-order valence-electron chi connectivity index (χ0n) is 16.0. The Morgan fingerprint density at radius 2 is 2.00 bits per heavy atom. The minimum absolute atomic E-state index is 0. The molecule has 1 atom stereocenters. The van der Waals surface area contributed by atoms with Crippen LogP contribution in [0.2, 0.25) is 0 Å². The van der Waals surface area contributed by atoms with Gasteiger partial charge in [0.2, 0.25) is 5.91 Å². The Balaban J connectivity index is 0.00000312. The smallest absolute Gasteiger partial charge is 0.223 e. The lowest BCUT2D eigenvalue weighted by Gasteiger charge is -2.36. The molecule has 1 saturated heterocycles. The number of nitrogens with one attached hydrogen (secondary N) is 1. The first-order valence-electron chi connectivity index (χ1n) is 9.38. The van der Waals surface area contributed by atoms with E-state index in [0.717, 1.165) is 51.3 Å². The molecule has 0 saturated carbocycles. The van der Waals surface area contributed by atoms with Crippen molar-refractivity contribution in [3.63, 3.8) is 0 Å². The summed E-state index contributed by atoms with van der Waals surface area (Å²) < 4.78 is 0. The van der Waals surface area contributed by atoms with E-state index in [2.05, 4.69) is 35.1 Å². The summed E-state index contributed by atoms with van der Waals surface area (Å²) in [7, 11) is 0. The summed E-state index contributed by atoms with van der Waals surface area (Å²) >= 11 is 0. The molecule has 1 amide bonds. The lowest BCUT2D eigenvalue weighted by molar-refractivity contribution is -0.134. The van der Waals surface area contributed by atoms with E-state index >= 15 is 0 Å². The zero-order valence-corrected chi connectivity index (χ0v) is 17.7. The van der Waals surface area contributed by atoms with Gasteiger partial charge in [0.1, 0.15) is 0 Å². The van der Waals surface area contributed by atoms with Gasteiger partial charge in [-0.2, -0.15) is 0 Å². The van der Waals surface area contributed by atoms with Gasteiger partial charge in [0.15, 0.2) is 0 Å². The number of aromatic nitrogens is 1. The van der Waals surface area contributed by atoms with Gasteiger partial charge in [0, 0.05) is 38.4 Å². The van der Waals surface area contributed by atoms with E-state index in [4.69, 9.17) is 0 Å². The Hall–Kier alpha value is -0.880. The van der Waals surface area contributed by atoms with E-state index in [0.29, 0.717) is 6.42 Å². The Labute approximate surface area is 170 Å². The third kappa shape index (κ3) is 7.78. The maximum absolute atomic E-state index is 12.7. The van der Waals surface area contributed by atoms with Crippen LogP contribution in [-0.4, -0.2) is 60.0 Å². The summed E-state index contributed by atoms with van der Waals surface area (Å²) in [4.78, 5) is 21.5. The van der Waals surface area contributed by atoms with Crippen molar-refractivity contribution in [2.24, 2.45) is 0 Å². The molecule has 2 rings (SSSR count). The summed E-state index contributed by atoms with van der Waals surface area (Å²) in [6.07, 6.45) is 7.59. The van der Waals surface area contributed by atoms with Gasteiger partial charge in [-0.25, -0.2) is 0 Å². The molecule has 2 heterocycles. The molecule has 1 N–H and O–H groups in total. The van der Waals surface area contributed by atoms with E-state index in [1.54, 1.807) is 6.20 Å². The summed E-state index contributed by atoms with van der Waals surface area (Å²) in [6.45, 7) is 10.2. The average molecular weight is 405 g/mol. The van der Waals surface area contributed by atoms with Crippen LogP contribution in [0.25, 0.3) is 0 Å². The van der Waals surface area contributed by atoms with Crippen LogP contribution < -0.4 is 5.32 Å². The van der Waals surface area contributed by atoms with E-state index in [1.165, 1.54) is 12.8 Å². The minimum Gasteiger partial charge on any atom is -0.333 e. The molecule has 1 unspecified atom stereocenters. The Kier molecular flexibility index (Phi) is 13.7. The second kappa shape index (κ2) is 14.2. The Morgan fingerprint density at radius 1 is 1.27 bits per heavy atom. The molecule has 26 heavy (non-hydrogen) atoms. The fourth-order valence-electron chi connectivity index (χ4n) is 3.44. The lowest BCUT2D eigenvalue weighted by atomic mass is 10.0. The van der Waals surface area contributed by atoms with Crippen molar-refractivity contribution >= 4 is 30.7 Å². The van der Waals surface area contributed by atoms with Crippen LogP contribution >= 0.6 is 24.8 Å². The molecule has 0 aliphatic carbocycles. The first-order valence-corrected chi connectivity index (χ1v) is 9.38. The van der Waals surface area contributed by atoms with Crippen LogP contribution in [0.3, 0.4) is 0 Å². The molecular weight excluding hydrogens is 371 g/mol. The number of nitrogens with zero attached hydrogens (tertiary/aromatic N) is 3. The number of halogens is 2. The fraction of sp³-hybridized carbons (Fsp3) is 0.684. The third-order valence-corrected chi connectivity index (χ3v) is 4.58. The first kappa shape index (κ1) is 25.1. The van der Waals surface area contributed by atoms with Gasteiger partial charge in [-0.05, 0) is 50.5 Å². The van der Waals surface area contributed by atoms with Crippen molar-refractivity contribution in [2.75, 3.05) is 39.3 Å². The van der Waals surface area contributed by atoms with Gasteiger partial charge in [-0.15, -0.1) is 24.8 Å². The number of hydrogen-bond acceptors (Lipinski definition) is 4. The number of amides is 1. The third-order valence-electron chi connectivity index (χ3n) is 4.58. The van der Waals surface area contributed by atoms with Crippen LogP contribution in [0, 0.1) is 0 Å². The number of piperazine rings is 1. The lowest BCUT2D eigenvalue weighted by Crippen LogP contribution is -2.48. The average Bonchev–Trinajstić information content (AvgIpc) is 2.63. The van der Waals surface area contributed by atoms with Crippen LogP contribution in [0.1, 0.15) is 51.1 Å². The molecule has 1 fully saturated rings. The van der Waals surface area contributed by atoms with Crippen molar-refractivity contribution in [3.8, 4) is 0 Å². The molecule has 150 valence electrons. The molecular formula is C19H34Cl2N4O. The van der Waals surface area contributed by atoms with Crippen LogP contribution in [-0.2, 0) is 4.79 Å². The zero-order chi connectivity index (χ0) is 17.2. The van der Waals surface area contributed by atoms with Gasteiger partial charge in [-0.3, -0.25) is 9.78 Å². The van der Waals surface area contributed by atoms with E-state index in [1.807, 2.05) is 17.2 Å². The van der Waals surface area contributed by atoms with E-state index in [-0.39, 0.29) is 36.8 Å². The van der Waals surface area contributed by atoms with Crippen molar-refractivity contribution in [1.29, 1.82) is 0 Å². The predicted octanol–water partition coefficient (Wildman–Crippen LogP) is 3.30. The maximum Gasteiger partial charge on any atom is 0.223 e. The normalized spacial score (nSPS) is 16.7. The summed E-state index contributed by atoms with van der Waals surface area (Å²) in [5.41, 5.74) is 1.12. The molecule has 0 bridgehead atoms. The SMILES string of the molecule is CCCN(CCC)CCCC(=O)N1CCNCC1c1cccnc1.Cl.Cl. The van der Waals surface area contributed by atoms with Crippen LogP contribution in [0.5, 0.6) is 0 Å².